The second-order valence-corrected chi connectivity index (χ2v) is 7.88. The largest absolute Gasteiger partial charge is 0.383 e. The molecule has 1 atom stereocenters. The van der Waals surface area contributed by atoms with Gasteiger partial charge in [0.2, 0.25) is 0 Å². The minimum atomic E-state index is -0.976. The summed E-state index contributed by atoms with van der Waals surface area (Å²) < 4.78 is 0. The van der Waals surface area contributed by atoms with Crippen molar-refractivity contribution in [3.63, 3.8) is 0 Å². The van der Waals surface area contributed by atoms with E-state index < -0.39 is 5.60 Å². The number of guanidine groups is 1. The van der Waals surface area contributed by atoms with Crippen LogP contribution in [0.1, 0.15) is 25.0 Å². The maximum atomic E-state index is 10.6. The average Bonchev–Trinajstić information content (AvgIpc) is 3.30. The molecular weight excluding hydrogens is 507 g/mol. The first kappa shape index (κ1) is 23.0. The van der Waals surface area contributed by atoms with Gasteiger partial charge < -0.3 is 20.7 Å². The highest BCUT2D eigenvalue weighted by Crippen LogP contribution is 2.24. The van der Waals surface area contributed by atoms with Crippen LogP contribution in [0, 0.1) is 0 Å². The Kier molecular flexibility index (Phi) is 8.60. The van der Waals surface area contributed by atoms with Gasteiger partial charge in [-0.15, -0.1) is 24.0 Å². The first-order valence-corrected chi connectivity index (χ1v) is 10.3. The van der Waals surface area contributed by atoms with E-state index in [1.165, 1.54) is 5.56 Å². The Labute approximate surface area is 191 Å². The second kappa shape index (κ2) is 10.5. The summed E-state index contributed by atoms with van der Waals surface area (Å²) in [6.45, 7) is 5.59. The number of aromatic amines is 1. The number of aliphatic imine (C=N–C) groups is 1. The predicted molar refractivity (Wildman–Crippen MR) is 130 cm³/mol. The van der Waals surface area contributed by atoms with Crippen molar-refractivity contribution in [2.75, 3.05) is 19.6 Å². The minimum Gasteiger partial charge on any atom is -0.383 e. The third kappa shape index (κ3) is 5.85. The first-order chi connectivity index (χ1) is 13.0. The van der Waals surface area contributed by atoms with Crippen molar-refractivity contribution in [3.05, 3.63) is 57.4 Å². The van der Waals surface area contributed by atoms with Crippen LogP contribution >= 0.6 is 46.9 Å². The number of nitrogens with one attached hydrogen (secondary N) is 3. The average molecular weight is 533 g/mol. The van der Waals surface area contributed by atoms with E-state index in [1.54, 1.807) is 18.3 Å². The standard InChI is InChI=1S/C20H25ClN4OS.HI/c1-3-22-19(25-13-20(2,26)15-7-9-27-12-15)23-8-6-14-11-24-18-5-4-16(21)10-17(14)18;/h4-5,7,9-12,24,26H,3,6,8,13H2,1-2H3,(H2,22,23,25);1H. The molecule has 0 aliphatic carbocycles. The third-order valence-corrected chi connectivity index (χ3v) is 5.37. The normalized spacial score (nSPS) is 13.8. The topological polar surface area (TPSA) is 72.4 Å². The van der Waals surface area contributed by atoms with E-state index in [4.69, 9.17) is 11.6 Å². The Balaban J connectivity index is 0.00000280. The van der Waals surface area contributed by atoms with Crippen molar-refractivity contribution >= 4 is 63.8 Å². The van der Waals surface area contributed by atoms with Crippen LogP contribution in [-0.2, 0) is 12.0 Å². The van der Waals surface area contributed by atoms with Gasteiger partial charge in [0.05, 0.1) is 6.54 Å². The molecule has 0 aliphatic rings. The van der Waals surface area contributed by atoms with E-state index >= 15 is 0 Å². The van der Waals surface area contributed by atoms with Gasteiger partial charge >= 0.3 is 0 Å². The van der Waals surface area contributed by atoms with Crippen LogP contribution in [0.4, 0.5) is 0 Å². The van der Waals surface area contributed by atoms with Crippen LogP contribution in [0.5, 0.6) is 0 Å². The van der Waals surface area contributed by atoms with Gasteiger partial charge in [0.15, 0.2) is 5.96 Å². The zero-order valence-corrected chi connectivity index (χ0v) is 19.9. The number of hydrogen-bond donors (Lipinski definition) is 4. The lowest BCUT2D eigenvalue weighted by Crippen LogP contribution is -2.39. The summed E-state index contributed by atoms with van der Waals surface area (Å²) in [5.41, 5.74) is 2.21. The SMILES string of the molecule is CCNC(=NCC(C)(O)c1ccsc1)NCCc1c[nH]c2ccc(Cl)cc12.I. The van der Waals surface area contributed by atoms with Gasteiger partial charge in [-0.2, -0.15) is 11.3 Å². The summed E-state index contributed by atoms with van der Waals surface area (Å²) >= 11 is 7.69. The number of benzene rings is 1. The fourth-order valence-corrected chi connectivity index (χ4v) is 3.86. The molecule has 152 valence electrons. The highest BCUT2D eigenvalue weighted by atomic mass is 127. The molecule has 0 radical (unpaired) electrons. The number of hydrogen-bond acceptors (Lipinski definition) is 3. The maximum absolute atomic E-state index is 10.6. The Morgan fingerprint density at radius 2 is 2.14 bits per heavy atom. The van der Waals surface area contributed by atoms with Gasteiger partial charge in [-0.05, 0) is 66.4 Å². The van der Waals surface area contributed by atoms with Gasteiger partial charge in [0.1, 0.15) is 5.60 Å². The van der Waals surface area contributed by atoms with Crippen molar-refractivity contribution in [3.8, 4) is 0 Å². The van der Waals surface area contributed by atoms with Gasteiger partial charge in [0.25, 0.3) is 0 Å². The number of rotatable bonds is 7. The molecule has 8 heteroatoms. The summed E-state index contributed by atoms with van der Waals surface area (Å²) in [6.07, 6.45) is 2.86. The van der Waals surface area contributed by atoms with E-state index in [-0.39, 0.29) is 24.0 Å². The highest BCUT2D eigenvalue weighted by Gasteiger charge is 2.23. The second-order valence-electron chi connectivity index (χ2n) is 6.66. The third-order valence-electron chi connectivity index (χ3n) is 4.45. The number of halogens is 2. The number of aliphatic hydroxyl groups is 1. The smallest absolute Gasteiger partial charge is 0.191 e. The number of aromatic nitrogens is 1. The molecule has 0 saturated carbocycles. The van der Waals surface area contributed by atoms with E-state index in [0.717, 1.165) is 41.0 Å². The number of fused-ring (bicyclic) bond motifs is 1. The Morgan fingerprint density at radius 3 is 2.86 bits per heavy atom. The molecule has 0 aliphatic heterocycles. The van der Waals surface area contributed by atoms with E-state index in [2.05, 4.69) is 20.6 Å². The molecule has 2 heterocycles. The van der Waals surface area contributed by atoms with Crippen LogP contribution in [0.15, 0.2) is 46.2 Å². The maximum Gasteiger partial charge on any atom is 0.191 e. The predicted octanol–water partition coefficient (Wildman–Crippen LogP) is 4.51. The summed E-state index contributed by atoms with van der Waals surface area (Å²) in [4.78, 5) is 7.83. The van der Waals surface area contributed by atoms with Crippen molar-refractivity contribution in [1.82, 2.24) is 15.6 Å². The molecule has 4 N–H and O–H groups in total. The van der Waals surface area contributed by atoms with Crippen LogP contribution in [-0.4, -0.2) is 35.7 Å². The van der Waals surface area contributed by atoms with Gasteiger partial charge in [-0.25, -0.2) is 4.99 Å². The molecule has 28 heavy (non-hydrogen) atoms. The lowest BCUT2D eigenvalue weighted by molar-refractivity contribution is 0.0677. The summed E-state index contributed by atoms with van der Waals surface area (Å²) in [6, 6.07) is 7.80. The molecule has 3 rings (SSSR count). The molecule has 0 saturated heterocycles. The Hall–Kier alpha value is -1.29. The molecular formula is C20H26ClIN4OS. The molecule has 5 nitrogen and oxygen atoms in total. The molecule has 0 spiro atoms. The fourth-order valence-electron chi connectivity index (χ4n) is 2.91. The number of H-pyrrole nitrogens is 1. The molecule has 0 bridgehead atoms. The van der Waals surface area contributed by atoms with E-state index in [1.807, 2.05) is 48.1 Å². The zero-order chi connectivity index (χ0) is 19.3. The van der Waals surface area contributed by atoms with Crippen LogP contribution in [0.2, 0.25) is 5.02 Å². The summed E-state index contributed by atoms with van der Waals surface area (Å²) in [5.74, 6) is 0.700. The zero-order valence-electron chi connectivity index (χ0n) is 16.0. The van der Waals surface area contributed by atoms with Crippen molar-refractivity contribution in [2.45, 2.75) is 25.9 Å². The summed E-state index contributed by atoms with van der Waals surface area (Å²) in [7, 11) is 0. The fraction of sp³-hybridized carbons (Fsp3) is 0.350. The summed E-state index contributed by atoms with van der Waals surface area (Å²) in [5, 5.41) is 23.0. The molecule has 2 aromatic heterocycles. The Morgan fingerprint density at radius 1 is 1.32 bits per heavy atom. The van der Waals surface area contributed by atoms with Crippen molar-refractivity contribution in [1.29, 1.82) is 0 Å². The molecule has 0 fully saturated rings. The van der Waals surface area contributed by atoms with Crippen molar-refractivity contribution < 1.29 is 5.11 Å². The van der Waals surface area contributed by atoms with E-state index in [0.29, 0.717) is 12.5 Å². The number of nitrogens with zero attached hydrogens (tertiary/aromatic N) is 1. The van der Waals surface area contributed by atoms with Gasteiger partial charge in [-0.1, -0.05) is 11.6 Å². The molecule has 0 amide bonds. The lowest BCUT2D eigenvalue weighted by Gasteiger charge is -2.21. The molecule has 1 unspecified atom stereocenters. The minimum absolute atomic E-state index is 0. The highest BCUT2D eigenvalue weighted by molar-refractivity contribution is 14.0. The number of thiophene rings is 1. The first-order valence-electron chi connectivity index (χ1n) is 9.02. The quantitative estimate of drug-likeness (QED) is 0.206. The van der Waals surface area contributed by atoms with E-state index in [9.17, 15) is 5.11 Å². The van der Waals surface area contributed by atoms with Gasteiger partial charge in [0, 0.05) is 35.2 Å². The van der Waals surface area contributed by atoms with Crippen LogP contribution in [0.25, 0.3) is 10.9 Å². The lowest BCUT2D eigenvalue weighted by atomic mass is 10.00. The molecule has 1 aromatic carbocycles. The van der Waals surface area contributed by atoms with Gasteiger partial charge in [-0.3, -0.25) is 0 Å². The van der Waals surface area contributed by atoms with Crippen molar-refractivity contribution in [2.24, 2.45) is 4.99 Å². The molecule has 3 aromatic rings. The monoisotopic (exact) mass is 532 g/mol. The van der Waals surface area contributed by atoms with Crippen LogP contribution < -0.4 is 10.6 Å². The van der Waals surface area contributed by atoms with Crippen LogP contribution in [0.3, 0.4) is 0 Å². The Bertz CT molecular complexity index is 908.